The standard InChI is InChI=1S/C22H31N3O2/c26-20(23-19-7-8-19)15-24-13-4-11-22(16-24)12-9-21(27)25(17-22)14-10-18-5-2-1-3-6-18/h1-3,5-6,19H,4,7-17H2,(H,23,26). The highest BCUT2D eigenvalue weighted by atomic mass is 16.2. The van der Waals surface area contributed by atoms with Crippen LogP contribution in [0.1, 0.15) is 44.1 Å². The number of rotatable bonds is 6. The normalized spacial score (nSPS) is 26.4. The molecule has 2 amide bonds. The highest BCUT2D eigenvalue weighted by Crippen LogP contribution is 2.38. The summed E-state index contributed by atoms with van der Waals surface area (Å²) < 4.78 is 0. The molecule has 1 N–H and O–H groups in total. The van der Waals surface area contributed by atoms with Crippen LogP contribution in [0.4, 0.5) is 0 Å². The minimum Gasteiger partial charge on any atom is -0.352 e. The van der Waals surface area contributed by atoms with Crippen LogP contribution in [0, 0.1) is 5.41 Å². The second-order valence-electron chi connectivity index (χ2n) is 8.71. The number of carbonyl (C=O) groups is 2. The van der Waals surface area contributed by atoms with Gasteiger partial charge >= 0.3 is 0 Å². The summed E-state index contributed by atoms with van der Waals surface area (Å²) in [4.78, 5) is 29.1. The number of hydrogen-bond donors (Lipinski definition) is 1. The van der Waals surface area contributed by atoms with Gasteiger partial charge in [0.1, 0.15) is 0 Å². The van der Waals surface area contributed by atoms with E-state index in [4.69, 9.17) is 0 Å². The monoisotopic (exact) mass is 369 g/mol. The molecule has 3 fully saturated rings. The van der Waals surface area contributed by atoms with Gasteiger partial charge < -0.3 is 10.2 Å². The van der Waals surface area contributed by atoms with Gasteiger partial charge in [-0.15, -0.1) is 0 Å². The fourth-order valence-corrected chi connectivity index (χ4v) is 4.70. The molecule has 1 spiro atoms. The molecule has 2 saturated heterocycles. The molecule has 5 heteroatoms. The maximum Gasteiger partial charge on any atom is 0.234 e. The topological polar surface area (TPSA) is 52.7 Å². The molecular weight excluding hydrogens is 338 g/mol. The zero-order valence-corrected chi connectivity index (χ0v) is 16.2. The first-order valence-corrected chi connectivity index (χ1v) is 10.5. The quantitative estimate of drug-likeness (QED) is 0.836. The summed E-state index contributed by atoms with van der Waals surface area (Å²) in [5.74, 6) is 0.461. The van der Waals surface area contributed by atoms with E-state index in [1.807, 2.05) is 6.07 Å². The van der Waals surface area contributed by atoms with Crippen molar-refractivity contribution in [3.63, 3.8) is 0 Å². The van der Waals surface area contributed by atoms with Crippen LogP contribution in [-0.4, -0.2) is 60.4 Å². The number of amides is 2. The van der Waals surface area contributed by atoms with E-state index in [1.165, 1.54) is 12.0 Å². The average molecular weight is 370 g/mol. The molecule has 0 aromatic heterocycles. The lowest BCUT2D eigenvalue weighted by molar-refractivity contribution is -0.140. The van der Waals surface area contributed by atoms with E-state index >= 15 is 0 Å². The largest absolute Gasteiger partial charge is 0.352 e. The van der Waals surface area contributed by atoms with E-state index < -0.39 is 0 Å². The summed E-state index contributed by atoms with van der Waals surface area (Å²) in [6.45, 7) is 4.10. The highest BCUT2D eigenvalue weighted by molar-refractivity contribution is 5.79. The summed E-state index contributed by atoms with van der Waals surface area (Å²) in [5, 5.41) is 3.10. The Balaban J connectivity index is 1.33. The molecule has 1 atom stereocenters. The maximum atomic E-state index is 12.5. The molecule has 1 aromatic rings. The fraction of sp³-hybridized carbons (Fsp3) is 0.636. The average Bonchev–Trinajstić information content (AvgIpc) is 3.47. The van der Waals surface area contributed by atoms with Crippen molar-refractivity contribution in [1.82, 2.24) is 15.1 Å². The third kappa shape index (κ3) is 4.89. The van der Waals surface area contributed by atoms with Gasteiger partial charge in [-0.1, -0.05) is 30.3 Å². The number of carbonyl (C=O) groups excluding carboxylic acids is 2. The lowest BCUT2D eigenvalue weighted by atomic mass is 9.73. The molecule has 4 rings (SSSR count). The summed E-state index contributed by atoms with van der Waals surface area (Å²) >= 11 is 0. The molecule has 1 aromatic carbocycles. The van der Waals surface area contributed by atoms with Gasteiger partial charge in [0.15, 0.2) is 0 Å². The van der Waals surface area contributed by atoms with Crippen molar-refractivity contribution in [3.8, 4) is 0 Å². The van der Waals surface area contributed by atoms with Gasteiger partial charge in [0.25, 0.3) is 0 Å². The van der Waals surface area contributed by atoms with Crippen molar-refractivity contribution in [3.05, 3.63) is 35.9 Å². The van der Waals surface area contributed by atoms with Crippen molar-refractivity contribution in [2.24, 2.45) is 5.41 Å². The molecule has 0 bridgehead atoms. The first-order valence-electron chi connectivity index (χ1n) is 10.5. The van der Waals surface area contributed by atoms with Crippen LogP contribution in [0.25, 0.3) is 0 Å². The van der Waals surface area contributed by atoms with Crippen molar-refractivity contribution in [2.75, 3.05) is 32.7 Å². The van der Waals surface area contributed by atoms with Gasteiger partial charge in [-0.05, 0) is 50.6 Å². The van der Waals surface area contributed by atoms with Crippen LogP contribution in [0.3, 0.4) is 0 Å². The molecule has 1 unspecified atom stereocenters. The fourth-order valence-electron chi connectivity index (χ4n) is 4.70. The molecule has 5 nitrogen and oxygen atoms in total. The number of nitrogens with zero attached hydrogens (tertiary/aromatic N) is 2. The van der Waals surface area contributed by atoms with E-state index in [-0.39, 0.29) is 11.3 Å². The van der Waals surface area contributed by atoms with Crippen LogP contribution in [0.2, 0.25) is 0 Å². The number of benzene rings is 1. The van der Waals surface area contributed by atoms with Crippen LogP contribution in [0.5, 0.6) is 0 Å². The van der Waals surface area contributed by atoms with Crippen LogP contribution < -0.4 is 5.32 Å². The molecule has 27 heavy (non-hydrogen) atoms. The SMILES string of the molecule is O=C(CN1CCCC2(CCC(=O)N(CCc3ccccc3)C2)C1)NC1CC1. The van der Waals surface area contributed by atoms with Crippen molar-refractivity contribution >= 4 is 11.8 Å². The minimum absolute atomic E-state index is 0.169. The summed E-state index contributed by atoms with van der Waals surface area (Å²) in [6, 6.07) is 10.8. The highest BCUT2D eigenvalue weighted by Gasteiger charge is 2.41. The number of piperidine rings is 2. The van der Waals surface area contributed by atoms with E-state index in [0.717, 1.165) is 58.3 Å². The Hall–Kier alpha value is -1.88. The Morgan fingerprint density at radius 3 is 2.74 bits per heavy atom. The first kappa shape index (κ1) is 18.5. The van der Waals surface area contributed by atoms with Crippen molar-refractivity contribution in [1.29, 1.82) is 0 Å². The smallest absolute Gasteiger partial charge is 0.234 e. The lowest BCUT2D eigenvalue weighted by Crippen LogP contribution is -2.55. The van der Waals surface area contributed by atoms with Gasteiger partial charge in [-0.2, -0.15) is 0 Å². The van der Waals surface area contributed by atoms with E-state index in [9.17, 15) is 9.59 Å². The summed E-state index contributed by atoms with van der Waals surface area (Å²) in [5.41, 5.74) is 1.45. The number of likely N-dealkylation sites (tertiary alicyclic amines) is 2. The predicted molar refractivity (Wildman–Crippen MR) is 105 cm³/mol. The first-order chi connectivity index (χ1) is 13.1. The zero-order valence-electron chi connectivity index (χ0n) is 16.2. The zero-order chi connectivity index (χ0) is 18.7. The summed E-state index contributed by atoms with van der Waals surface area (Å²) in [7, 11) is 0. The third-order valence-electron chi connectivity index (χ3n) is 6.31. The Bertz CT molecular complexity index is 673. The van der Waals surface area contributed by atoms with Gasteiger partial charge in [-0.25, -0.2) is 0 Å². The summed E-state index contributed by atoms with van der Waals surface area (Å²) in [6.07, 6.45) is 7.09. The second-order valence-corrected chi connectivity index (χ2v) is 8.71. The molecular formula is C22H31N3O2. The third-order valence-corrected chi connectivity index (χ3v) is 6.31. The molecule has 2 heterocycles. The Morgan fingerprint density at radius 1 is 1.15 bits per heavy atom. The number of hydrogen-bond acceptors (Lipinski definition) is 3. The van der Waals surface area contributed by atoms with E-state index in [2.05, 4.69) is 39.4 Å². The van der Waals surface area contributed by atoms with Gasteiger partial charge in [0, 0.05) is 37.5 Å². The molecule has 2 aliphatic heterocycles. The van der Waals surface area contributed by atoms with Gasteiger partial charge in [-0.3, -0.25) is 14.5 Å². The molecule has 1 saturated carbocycles. The Morgan fingerprint density at radius 2 is 1.96 bits per heavy atom. The Kier molecular flexibility index (Phi) is 5.48. The molecule has 1 aliphatic carbocycles. The van der Waals surface area contributed by atoms with Crippen LogP contribution in [0.15, 0.2) is 30.3 Å². The van der Waals surface area contributed by atoms with E-state index in [1.54, 1.807) is 0 Å². The second kappa shape index (κ2) is 8.01. The lowest BCUT2D eigenvalue weighted by Gasteiger charge is -2.48. The maximum absolute atomic E-state index is 12.5. The number of nitrogens with one attached hydrogen (secondary N) is 1. The Labute approximate surface area is 162 Å². The van der Waals surface area contributed by atoms with Crippen LogP contribution in [-0.2, 0) is 16.0 Å². The van der Waals surface area contributed by atoms with E-state index in [0.29, 0.717) is 24.9 Å². The van der Waals surface area contributed by atoms with Gasteiger partial charge in [0.05, 0.1) is 6.54 Å². The van der Waals surface area contributed by atoms with Crippen molar-refractivity contribution in [2.45, 2.75) is 51.0 Å². The molecule has 0 radical (unpaired) electrons. The predicted octanol–water partition coefficient (Wildman–Crippen LogP) is 2.21. The molecule has 3 aliphatic rings. The van der Waals surface area contributed by atoms with Crippen molar-refractivity contribution < 1.29 is 9.59 Å². The van der Waals surface area contributed by atoms with Gasteiger partial charge in [0.2, 0.25) is 11.8 Å². The molecule has 146 valence electrons. The minimum atomic E-state index is 0.169. The van der Waals surface area contributed by atoms with Crippen LogP contribution >= 0.6 is 0 Å².